The Hall–Kier alpha value is -3.66. The average molecular weight is 370 g/mol. The lowest BCUT2D eigenvalue weighted by molar-refractivity contribution is 0.101. The van der Waals surface area contributed by atoms with Crippen molar-refractivity contribution >= 4 is 22.7 Å². The first kappa shape index (κ1) is 17.7. The van der Waals surface area contributed by atoms with Crippen molar-refractivity contribution in [2.45, 2.75) is 0 Å². The molecule has 1 aliphatic rings. The van der Waals surface area contributed by atoms with Crippen molar-refractivity contribution in [2.75, 3.05) is 14.2 Å². The first-order valence-electron chi connectivity index (χ1n) is 8.85. The predicted octanol–water partition coefficient (Wildman–Crippen LogP) is 4.69. The van der Waals surface area contributed by atoms with Crippen LogP contribution < -0.4 is 9.47 Å². The number of rotatable bonds is 4. The molecule has 4 heteroatoms. The van der Waals surface area contributed by atoms with Gasteiger partial charge in [-0.2, -0.15) is 0 Å². The molecule has 0 bridgehead atoms. The highest BCUT2D eigenvalue weighted by molar-refractivity contribution is 6.51. The first-order chi connectivity index (χ1) is 13.6. The zero-order valence-corrected chi connectivity index (χ0v) is 15.6. The molecule has 0 amide bonds. The van der Waals surface area contributed by atoms with Crippen LogP contribution in [0.4, 0.5) is 0 Å². The molecule has 0 saturated heterocycles. The number of methoxy groups -OCH3 is 2. The molecule has 3 aromatic rings. The van der Waals surface area contributed by atoms with E-state index in [0.717, 1.165) is 0 Å². The Bertz CT molecular complexity index is 1000. The van der Waals surface area contributed by atoms with Crippen LogP contribution in [0.2, 0.25) is 0 Å². The van der Waals surface area contributed by atoms with E-state index in [4.69, 9.17) is 9.47 Å². The number of carbonyl (C=O) groups is 2. The van der Waals surface area contributed by atoms with Crippen LogP contribution in [0, 0.1) is 0 Å². The van der Waals surface area contributed by atoms with Crippen LogP contribution in [0.15, 0.2) is 72.8 Å². The average Bonchev–Trinajstić information content (AvgIpc) is 2.76. The molecule has 0 N–H and O–H groups in total. The molecule has 0 aliphatic heterocycles. The summed E-state index contributed by atoms with van der Waals surface area (Å²) in [5.41, 5.74) is 3.01. The van der Waals surface area contributed by atoms with Gasteiger partial charge in [-0.3, -0.25) is 9.59 Å². The van der Waals surface area contributed by atoms with E-state index < -0.39 is 0 Å². The number of carbonyl (C=O) groups excluding carboxylic acids is 2. The van der Waals surface area contributed by atoms with Crippen LogP contribution >= 0.6 is 0 Å². The zero-order valence-electron chi connectivity index (χ0n) is 15.6. The highest BCUT2D eigenvalue weighted by atomic mass is 16.5. The van der Waals surface area contributed by atoms with Gasteiger partial charge in [0, 0.05) is 22.3 Å². The standard InChI is InChI=1S/C24H18O4/c1-27-17-11-7-15(8-12-17)21-22(16-9-13-18(28-2)14-10-16)24(26)20-6-4-3-5-19(20)23(21)25/h3-14H,1-2H3. The SMILES string of the molecule is COc1ccc(C2=C(c3ccc(OC)cc3)C(=O)c3ccccc3C2=O)cc1. The lowest BCUT2D eigenvalue weighted by Gasteiger charge is -2.22. The van der Waals surface area contributed by atoms with Gasteiger partial charge in [0.05, 0.1) is 14.2 Å². The van der Waals surface area contributed by atoms with E-state index in [-0.39, 0.29) is 11.6 Å². The summed E-state index contributed by atoms with van der Waals surface area (Å²) in [6, 6.07) is 21.3. The van der Waals surface area contributed by atoms with Gasteiger partial charge >= 0.3 is 0 Å². The summed E-state index contributed by atoms with van der Waals surface area (Å²) in [6.07, 6.45) is 0. The quantitative estimate of drug-likeness (QED) is 0.668. The van der Waals surface area contributed by atoms with E-state index >= 15 is 0 Å². The summed E-state index contributed by atoms with van der Waals surface area (Å²) in [4.78, 5) is 26.7. The van der Waals surface area contributed by atoms with Crippen LogP contribution in [-0.4, -0.2) is 25.8 Å². The largest absolute Gasteiger partial charge is 0.497 e. The van der Waals surface area contributed by atoms with Gasteiger partial charge in [-0.1, -0.05) is 48.5 Å². The molecule has 28 heavy (non-hydrogen) atoms. The fourth-order valence-corrected chi connectivity index (χ4v) is 3.44. The fourth-order valence-electron chi connectivity index (χ4n) is 3.44. The Labute approximate surface area is 163 Å². The number of allylic oxidation sites excluding steroid dienone is 2. The number of hydrogen-bond acceptors (Lipinski definition) is 4. The molecule has 138 valence electrons. The van der Waals surface area contributed by atoms with Crippen LogP contribution in [0.5, 0.6) is 11.5 Å². The molecule has 0 saturated carbocycles. The minimum atomic E-state index is -0.161. The molecule has 0 fully saturated rings. The highest BCUT2D eigenvalue weighted by Crippen LogP contribution is 2.38. The van der Waals surface area contributed by atoms with E-state index in [1.54, 1.807) is 87.0 Å². The number of hydrogen-bond donors (Lipinski definition) is 0. The normalized spacial score (nSPS) is 13.4. The molecular weight excluding hydrogens is 352 g/mol. The van der Waals surface area contributed by atoms with Crippen LogP contribution in [0.25, 0.3) is 11.1 Å². The van der Waals surface area contributed by atoms with Gasteiger partial charge < -0.3 is 9.47 Å². The molecule has 0 heterocycles. The third-order valence-corrected chi connectivity index (χ3v) is 4.88. The maximum absolute atomic E-state index is 13.4. The Morgan fingerprint density at radius 1 is 0.536 bits per heavy atom. The lowest BCUT2D eigenvalue weighted by atomic mass is 9.78. The second kappa shape index (κ2) is 7.16. The van der Waals surface area contributed by atoms with Gasteiger partial charge in [0.2, 0.25) is 0 Å². The highest BCUT2D eigenvalue weighted by Gasteiger charge is 2.33. The molecule has 0 spiro atoms. The van der Waals surface area contributed by atoms with Crippen molar-refractivity contribution in [3.63, 3.8) is 0 Å². The minimum absolute atomic E-state index is 0.161. The summed E-state index contributed by atoms with van der Waals surface area (Å²) in [5.74, 6) is 1.05. The Balaban J connectivity index is 1.97. The summed E-state index contributed by atoms with van der Waals surface area (Å²) in [6.45, 7) is 0. The molecule has 4 nitrogen and oxygen atoms in total. The van der Waals surface area contributed by atoms with Crippen molar-refractivity contribution in [1.29, 1.82) is 0 Å². The molecule has 1 aliphatic carbocycles. The molecular formula is C24H18O4. The van der Waals surface area contributed by atoms with Gasteiger partial charge in [-0.25, -0.2) is 0 Å². The van der Waals surface area contributed by atoms with Crippen molar-refractivity contribution in [3.8, 4) is 11.5 Å². The van der Waals surface area contributed by atoms with E-state index in [1.165, 1.54) is 0 Å². The maximum atomic E-state index is 13.4. The minimum Gasteiger partial charge on any atom is -0.497 e. The summed E-state index contributed by atoms with van der Waals surface area (Å²) in [7, 11) is 3.17. The van der Waals surface area contributed by atoms with Crippen molar-refractivity contribution in [1.82, 2.24) is 0 Å². The third-order valence-electron chi connectivity index (χ3n) is 4.88. The van der Waals surface area contributed by atoms with E-state index in [1.807, 2.05) is 0 Å². The van der Waals surface area contributed by atoms with Gasteiger partial charge in [-0.15, -0.1) is 0 Å². The second-order valence-electron chi connectivity index (χ2n) is 6.41. The Morgan fingerprint density at radius 3 is 1.21 bits per heavy atom. The van der Waals surface area contributed by atoms with Crippen molar-refractivity contribution in [3.05, 3.63) is 95.1 Å². The lowest BCUT2D eigenvalue weighted by Crippen LogP contribution is -2.20. The van der Waals surface area contributed by atoms with E-state index in [2.05, 4.69) is 0 Å². The van der Waals surface area contributed by atoms with Gasteiger partial charge in [-0.05, 0) is 35.4 Å². The topological polar surface area (TPSA) is 52.6 Å². The summed E-state index contributed by atoms with van der Waals surface area (Å²) >= 11 is 0. The van der Waals surface area contributed by atoms with E-state index in [9.17, 15) is 9.59 Å². The summed E-state index contributed by atoms with van der Waals surface area (Å²) in [5, 5.41) is 0. The fraction of sp³-hybridized carbons (Fsp3) is 0.0833. The monoisotopic (exact) mass is 370 g/mol. The molecule has 4 rings (SSSR count). The third kappa shape index (κ3) is 2.89. The molecule has 0 atom stereocenters. The zero-order chi connectivity index (χ0) is 19.7. The number of Topliss-reactive ketones (excluding diaryl/α,β-unsaturated/α-hetero) is 2. The first-order valence-corrected chi connectivity index (χ1v) is 8.85. The van der Waals surface area contributed by atoms with Gasteiger partial charge in [0.15, 0.2) is 11.6 Å². The predicted molar refractivity (Wildman–Crippen MR) is 108 cm³/mol. The number of fused-ring (bicyclic) bond motifs is 1. The van der Waals surface area contributed by atoms with Crippen LogP contribution in [0.1, 0.15) is 31.8 Å². The molecule has 3 aromatic carbocycles. The second-order valence-corrected chi connectivity index (χ2v) is 6.41. The smallest absolute Gasteiger partial charge is 0.195 e. The number of benzene rings is 3. The molecule has 0 unspecified atom stereocenters. The maximum Gasteiger partial charge on any atom is 0.195 e. The van der Waals surface area contributed by atoms with E-state index in [0.29, 0.717) is 44.9 Å². The Kier molecular flexibility index (Phi) is 4.53. The van der Waals surface area contributed by atoms with Crippen molar-refractivity contribution in [2.24, 2.45) is 0 Å². The van der Waals surface area contributed by atoms with Crippen molar-refractivity contribution < 1.29 is 19.1 Å². The van der Waals surface area contributed by atoms with Crippen LogP contribution in [-0.2, 0) is 0 Å². The van der Waals surface area contributed by atoms with Gasteiger partial charge in [0.1, 0.15) is 11.5 Å². The number of ether oxygens (including phenoxy) is 2. The van der Waals surface area contributed by atoms with Gasteiger partial charge in [0.25, 0.3) is 0 Å². The summed E-state index contributed by atoms with van der Waals surface area (Å²) < 4.78 is 10.4. The number of ketones is 2. The van der Waals surface area contributed by atoms with Crippen LogP contribution in [0.3, 0.4) is 0 Å². The Morgan fingerprint density at radius 2 is 0.893 bits per heavy atom. The molecule has 0 aromatic heterocycles. The molecule has 0 radical (unpaired) electrons.